The molecule has 0 atom stereocenters. The van der Waals surface area contributed by atoms with Crippen LogP contribution in [0.4, 0.5) is 0 Å². The average Bonchev–Trinajstić information content (AvgIpc) is 3.11. The van der Waals surface area contributed by atoms with Crippen LogP contribution in [-0.2, 0) is 13.0 Å². The van der Waals surface area contributed by atoms with E-state index in [-0.39, 0.29) is 24.0 Å². The smallest absolute Gasteiger partial charge is 0.190 e. The predicted molar refractivity (Wildman–Crippen MR) is 109 cm³/mol. The van der Waals surface area contributed by atoms with Gasteiger partial charge in [-0.2, -0.15) is 5.10 Å². The van der Waals surface area contributed by atoms with Gasteiger partial charge in [0.1, 0.15) is 0 Å². The lowest BCUT2D eigenvalue weighted by Crippen LogP contribution is -2.38. The highest BCUT2D eigenvalue weighted by Gasteiger charge is 2.01. The maximum Gasteiger partial charge on any atom is 0.190 e. The molecular formula is C16H26IN5S. The first-order valence-electron chi connectivity index (χ1n) is 7.67. The molecule has 0 aliphatic heterocycles. The van der Waals surface area contributed by atoms with Crippen LogP contribution in [0.3, 0.4) is 0 Å². The maximum absolute atomic E-state index is 4.47. The number of nitrogens with one attached hydrogen (secondary N) is 2. The molecule has 0 aliphatic rings. The minimum Gasteiger partial charge on any atom is -0.356 e. The lowest BCUT2D eigenvalue weighted by Gasteiger charge is -2.11. The van der Waals surface area contributed by atoms with E-state index >= 15 is 0 Å². The van der Waals surface area contributed by atoms with Gasteiger partial charge in [0.05, 0.1) is 5.69 Å². The summed E-state index contributed by atoms with van der Waals surface area (Å²) in [7, 11) is 1.81. The van der Waals surface area contributed by atoms with Crippen molar-refractivity contribution in [1.82, 2.24) is 20.4 Å². The molecule has 2 aromatic heterocycles. The first-order valence-corrected chi connectivity index (χ1v) is 8.55. The fourth-order valence-corrected chi connectivity index (χ4v) is 3.03. The third-order valence-corrected chi connectivity index (χ3v) is 4.35. The largest absolute Gasteiger partial charge is 0.356 e. The van der Waals surface area contributed by atoms with Gasteiger partial charge in [-0.15, -0.1) is 35.3 Å². The summed E-state index contributed by atoms with van der Waals surface area (Å²) >= 11 is 1.79. The summed E-state index contributed by atoms with van der Waals surface area (Å²) in [6.45, 7) is 6.84. The molecule has 0 saturated heterocycles. The van der Waals surface area contributed by atoms with Crippen LogP contribution in [0, 0.1) is 13.8 Å². The number of aromatic nitrogens is 2. The molecule has 2 heterocycles. The Morgan fingerprint density at radius 1 is 1.30 bits per heavy atom. The standard InChI is InChI=1S/C16H25N5S.HI/c1-13-12-14(2)21(20-13)10-5-8-18-16(17-3)19-9-7-15-6-4-11-22-15;/h4,6,11-12H,5,7-10H2,1-3H3,(H2,17,18,19);1H. The molecule has 0 radical (unpaired) electrons. The molecule has 0 bridgehead atoms. The van der Waals surface area contributed by atoms with Gasteiger partial charge >= 0.3 is 0 Å². The van der Waals surface area contributed by atoms with Gasteiger partial charge in [0.2, 0.25) is 0 Å². The van der Waals surface area contributed by atoms with Gasteiger partial charge in [0.15, 0.2) is 5.96 Å². The van der Waals surface area contributed by atoms with Gasteiger partial charge < -0.3 is 10.6 Å². The number of hydrogen-bond acceptors (Lipinski definition) is 3. The second-order valence-electron chi connectivity index (χ2n) is 5.26. The van der Waals surface area contributed by atoms with E-state index in [0.29, 0.717) is 0 Å². The van der Waals surface area contributed by atoms with Crippen molar-refractivity contribution in [3.8, 4) is 0 Å². The summed E-state index contributed by atoms with van der Waals surface area (Å²) in [4.78, 5) is 5.64. The van der Waals surface area contributed by atoms with Crippen molar-refractivity contribution in [2.45, 2.75) is 33.2 Å². The molecule has 0 saturated carbocycles. The van der Waals surface area contributed by atoms with Crippen molar-refractivity contribution in [1.29, 1.82) is 0 Å². The zero-order valence-corrected chi connectivity index (χ0v) is 17.1. The van der Waals surface area contributed by atoms with Gasteiger partial charge in [-0.05, 0) is 44.2 Å². The molecular weight excluding hydrogens is 421 g/mol. The number of halogens is 1. The molecule has 5 nitrogen and oxygen atoms in total. The van der Waals surface area contributed by atoms with E-state index in [1.54, 1.807) is 11.3 Å². The van der Waals surface area contributed by atoms with E-state index < -0.39 is 0 Å². The first-order chi connectivity index (χ1) is 10.7. The summed E-state index contributed by atoms with van der Waals surface area (Å²) in [5, 5.41) is 13.3. The van der Waals surface area contributed by atoms with Crippen LogP contribution in [0.15, 0.2) is 28.6 Å². The highest BCUT2D eigenvalue weighted by atomic mass is 127. The van der Waals surface area contributed by atoms with Crippen LogP contribution in [0.1, 0.15) is 22.7 Å². The van der Waals surface area contributed by atoms with Crippen molar-refractivity contribution in [2.24, 2.45) is 4.99 Å². The highest BCUT2D eigenvalue weighted by Crippen LogP contribution is 2.08. The lowest BCUT2D eigenvalue weighted by atomic mass is 10.3. The molecule has 0 fully saturated rings. The van der Waals surface area contributed by atoms with E-state index in [4.69, 9.17) is 0 Å². The van der Waals surface area contributed by atoms with Crippen molar-refractivity contribution in [3.63, 3.8) is 0 Å². The number of hydrogen-bond donors (Lipinski definition) is 2. The SMILES string of the molecule is CN=C(NCCCn1nc(C)cc1C)NCCc1cccs1.I. The molecule has 2 N–H and O–H groups in total. The monoisotopic (exact) mass is 447 g/mol. The van der Waals surface area contributed by atoms with Crippen molar-refractivity contribution < 1.29 is 0 Å². The maximum atomic E-state index is 4.47. The Morgan fingerprint density at radius 2 is 2.09 bits per heavy atom. The highest BCUT2D eigenvalue weighted by molar-refractivity contribution is 14.0. The summed E-state index contributed by atoms with van der Waals surface area (Å²) in [5.74, 6) is 0.866. The van der Waals surface area contributed by atoms with Gasteiger partial charge in [0.25, 0.3) is 0 Å². The quantitative estimate of drug-likeness (QED) is 0.297. The number of thiophene rings is 1. The number of nitrogens with zero attached hydrogens (tertiary/aromatic N) is 3. The van der Waals surface area contributed by atoms with Crippen LogP contribution < -0.4 is 10.6 Å². The van der Waals surface area contributed by atoms with Gasteiger partial charge in [0, 0.05) is 37.3 Å². The Morgan fingerprint density at radius 3 is 2.70 bits per heavy atom. The summed E-state index contributed by atoms with van der Waals surface area (Å²) < 4.78 is 2.06. The second kappa shape index (κ2) is 10.6. The summed E-state index contributed by atoms with van der Waals surface area (Å²) in [5.41, 5.74) is 2.30. The number of aliphatic imine (C=N–C) groups is 1. The van der Waals surface area contributed by atoms with Crippen LogP contribution in [0.2, 0.25) is 0 Å². The third kappa shape index (κ3) is 6.90. The predicted octanol–water partition coefficient (Wildman–Crippen LogP) is 2.98. The molecule has 2 aromatic rings. The molecule has 128 valence electrons. The molecule has 0 aliphatic carbocycles. The minimum atomic E-state index is 0. The van der Waals surface area contributed by atoms with E-state index in [0.717, 1.165) is 44.1 Å². The van der Waals surface area contributed by atoms with Gasteiger partial charge in [-0.1, -0.05) is 6.07 Å². The Hall–Kier alpha value is -1.09. The normalized spacial score (nSPS) is 11.2. The van der Waals surface area contributed by atoms with E-state index in [9.17, 15) is 0 Å². The Kier molecular flexibility index (Phi) is 9.23. The molecule has 7 heteroatoms. The number of aryl methyl sites for hydroxylation is 3. The lowest BCUT2D eigenvalue weighted by molar-refractivity contribution is 0.555. The van der Waals surface area contributed by atoms with E-state index in [1.807, 2.05) is 14.0 Å². The Balaban J connectivity index is 0.00000264. The van der Waals surface area contributed by atoms with Gasteiger partial charge in [-0.3, -0.25) is 9.67 Å². The van der Waals surface area contributed by atoms with Crippen LogP contribution in [-0.4, -0.2) is 35.9 Å². The van der Waals surface area contributed by atoms with Crippen LogP contribution in [0.5, 0.6) is 0 Å². The second-order valence-corrected chi connectivity index (χ2v) is 6.29. The van der Waals surface area contributed by atoms with Crippen LogP contribution in [0.25, 0.3) is 0 Å². The fraction of sp³-hybridized carbons (Fsp3) is 0.500. The number of rotatable bonds is 7. The van der Waals surface area contributed by atoms with Crippen molar-refractivity contribution in [2.75, 3.05) is 20.1 Å². The molecule has 2 rings (SSSR count). The van der Waals surface area contributed by atoms with E-state index in [2.05, 4.69) is 55.9 Å². The zero-order valence-electron chi connectivity index (χ0n) is 14.0. The first kappa shape index (κ1) is 20.0. The molecule has 0 spiro atoms. The molecule has 0 aromatic carbocycles. The Bertz CT molecular complexity index is 592. The Labute approximate surface area is 159 Å². The van der Waals surface area contributed by atoms with Crippen LogP contribution >= 0.6 is 35.3 Å². The molecule has 23 heavy (non-hydrogen) atoms. The summed E-state index contributed by atoms with van der Waals surface area (Å²) in [6, 6.07) is 6.36. The number of guanidine groups is 1. The van der Waals surface area contributed by atoms with Gasteiger partial charge in [-0.25, -0.2) is 0 Å². The third-order valence-electron chi connectivity index (χ3n) is 3.41. The zero-order chi connectivity index (χ0) is 15.8. The molecule has 0 unspecified atom stereocenters. The van der Waals surface area contributed by atoms with Crippen molar-refractivity contribution in [3.05, 3.63) is 39.8 Å². The fourth-order valence-electron chi connectivity index (χ4n) is 2.32. The average molecular weight is 447 g/mol. The minimum absolute atomic E-state index is 0. The topological polar surface area (TPSA) is 54.2 Å². The summed E-state index contributed by atoms with van der Waals surface area (Å²) in [6.07, 6.45) is 2.05. The van der Waals surface area contributed by atoms with Crippen molar-refractivity contribution >= 4 is 41.3 Å². The van der Waals surface area contributed by atoms with E-state index in [1.165, 1.54) is 10.6 Å². The molecule has 0 amide bonds.